The number of nitrogens with one attached hydrogen (secondary N) is 1. The van der Waals surface area contributed by atoms with Gasteiger partial charge in [-0.25, -0.2) is 4.79 Å². The number of rotatable bonds is 2. The molecule has 1 aliphatic carbocycles. The van der Waals surface area contributed by atoms with Crippen LogP contribution in [-0.4, -0.2) is 18.2 Å². The minimum absolute atomic E-state index is 0.0689. The van der Waals surface area contributed by atoms with Gasteiger partial charge in [-0.1, -0.05) is 20.8 Å². The van der Waals surface area contributed by atoms with Gasteiger partial charge in [-0.15, -0.1) is 0 Å². The Kier molecular flexibility index (Phi) is 1.63. The molecule has 0 aromatic rings. The number of amides is 1. The molecular formula is C10H17NO2. The molecule has 0 bridgehead atoms. The molecule has 1 amide bonds. The van der Waals surface area contributed by atoms with Crippen LogP contribution in [0.2, 0.25) is 0 Å². The molecule has 2 rings (SSSR count). The first-order valence-electron chi connectivity index (χ1n) is 4.95. The summed E-state index contributed by atoms with van der Waals surface area (Å²) in [7, 11) is 0. The van der Waals surface area contributed by atoms with Crippen LogP contribution in [0.15, 0.2) is 0 Å². The number of hydrogen-bond donors (Lipinski definition) is 1. The maximum absolute atomic E-state index is 11.0. The highest BCUT2D eigenvalue weighted by molar-refractivity contribution is 5.71. The van der Waals surface area contributed by atoms with Gasteiger partial charge < -0.3 is 10.1 Å². The molecule has 1 saturated heterocycles. The fraction of sp³-hybridized carbons (Fsp3) is 0.900. The third-order valence-electron chi connectivity index (χ3n) is 3.62. The van der Waals surface area contributed by atoms with Gasteiger partial charge in [0.25, 0.3) is 0 Å². The quantitative estimate of drug-likeness (QED) is 0.710. The molecular weight excluding hydrogens is 166 g/mol. The van der Waals surface area contributed by atoms with E-state index in [0.29, 0.717) is 17.9 Å². The van der Waals surface area contributed by atoms with E-state index in [1.807, 2.05) is 0 Å². The largest absolute Gasteiger partial charge is 0.447 e. The van der Waals surface area contributed by atoms with E-state index in [9.17, 15) is 4.79 Å². The highest BCUT2D eigenvalue weighted by atomic mass is 16.6. The number of cyclic esters (lactones) is 1. The zero-order valence-corrected chi connectivity index (χ0v) is 8.52. The first kappa shape index (κ1) is 8.85. The van der Waals surface area contributed by atoms with Crippen molar-refractivity contribution in [3.63, 3.8) is 0 Å². The molecule has 0 radical (unpaired) electrons. The predicted octanol–water partition coefficient (Wildman–Crippen LogP) is 1.92. The van der Waals surface area contributed by atoms with E-state index in [1.165, 1.54) is 6.42 Å². The van der Waals surface area contributed by atoms with E-state index in [2.05, 4.69) is 26.1 Å². The summed E-state index contributed by atoms with van der Waals surface area (Å²) in [5.41, 5.74) is 0.317. The lowest BCUT2D eigenvalue weighted by molar-refractivity contribution is 0.166. The average molecular weight is 183 g/mol. The van der Waals surface area contributed by atoms with Crippen LogP contribution < -0.4 is 5.32 Å². The highest BCUT2D eigenvalue weighted by Crippen LogP contribution is 2.58. The lowest BCUT2D eigenvalue weighted by Crippen LogP contribution is -2.46. The molecule has 3 nitrogen and oxygen atoms in total. The topological polar surface area (TPSA) is 38.3 Å². The van der Waals surface area contributed by atoms with Crippen LogP contribution in [-0.2, 0) is 4.74 Å². The van der Waals surface area contributed by atoms with E-state index in [-0.39, 0.29) is 11.6 Å². The summed E-state index contributed by atoms with van der Waals surface area (Å²) in [5.74, 6) is 0.594. The molecule has 2 aliphatic rings. The van der Waals surface area contributed by atoms with Gasteiger partial charge in [-0.05, 0) is 24.2 Å². The van der Waals surface area contributed by atoms with E-state index >= 15 is 0 Å². The Morgan fingerprint density at radius 1 is 1.62 bits per heavy atom. The maximum Gasteiger partial charge on any atom is 0.407 e. The van der Waals surface area contributed by atoms with E-state index < -0.39 is 0 Å². The second-order valence-electron chi connectivity index (χ2n) is 4.96. The van der Waals surface area contributed by atoms with Crippen LogP contribution >= 0.6 is 0 Å². The Bertz CT molecular complexity index is 249. The average Bonchev–Trinajstić information content (AvgIpc) is 2.56. The third kappa shape index (κ3) is 1.21. The summed E-state index contributed by atoms with van der Waals surface area (Å²) in [4.78, 5) is 11.0. The predicted molar refractivity (Wildman–Crippen MR) is 49.4 cm³/mol. The van der Waals surface area contributed by atoms with E-state index in [1.54, 1.807) is 0 Å². The van der Waals surface area contributed by atoms with Crippen LogP contribution in [0.4, 0.5) is 4.79 Å². The molecule has 2 fully saturated rings. The first-order valence-corrected chi connectivity index (χ1v) is 4.95. The Labute approximate surface area is 78.8 Å². The lowest BCUT2D eigenvalue weighted by atomic mass is 9.87. The van der Waals surface area contributed by atoms with Crippen molar-refractivity contribution < 1.29 is 9.53 Å². The molecule has 3 heteroatoms. The minimum Gasteiger partial charge on any atom is -0.447 e. The first-order chi connectivity index (χ1) is 6.00. The summed E-state index contributed by atoms with van der Waals surface area (Å²) in [6, 6.07) is 0. The van der Waals surface area contributed by atoms with Crippen molar-refractivity contribution in [1.82, 2.24) is 5.32 Å². The van der Waals surface area contributed by atoms with Crippen molar-refractivity contribution in [2.45, 2.75) is 39.2 Å². The van der Waals surface area contributed by atoms with E-state index in [4.69, 9.17) is 4.74 Å². The van der Waals surface area contributed by atoms with Crippen LogP contribution in [0.3, 0.4) is 0 Å². The number of alkyl carbamates (subject to hydrolysis) is 1. The summed E-state index contributed by atoms with van der Waals surface area (Å²) in [6.07, 6.45) is 1.92. The fourth-order valence-corrected chi connectivity index (χ4v) is 2.50. The SMILES string of the molecule is CCC1(C2CC2(C)C)COC(=O)N1. The maximum atomic E-state index is 11.0. The zero-order chi connectivity index (χ0) is 9.69. The highest BCUT2D eigenvalue weighted by Gasteiger charge is 2.60. The van der Waals surface area contributed by atoms with Crippen molar-refractivity contribution in [3.8, 4) is 0 Å². The lowest BCUT2D eigenvalue weighted by Gasteiger charge is -2.26. The van der Waals surface area contributed by atoms with Gasteiger partial charge in [0, 0.05) is 0 Å². The Morgan fingerprint density at radius 3 is 2.54 bits per heavy atom. The molecule has 2 unspecified atom stereocenters. The molecule has 2 atom stereocenters. The number of carbonyl (C=O) groups is 1. The van der Waals surface area contributed by atoms with Crippen molar-refractivity contribution in [2.24, 2.45) is 11.3 Å². The van der Waals surface area contributed by atoms with Gasteiger partial charge in [0.05, 0.1) is 5.54 Å². The van der Waals surface area contributed by atoms with Crippen molar-refractivity contribution in [2.75, 3.05) is 6.61 Å². The molecule has 1 saturated carbocycles. The zero-order valence-electron chi connectivity index (χ0n) is 8.52. The van der Waals surface area contributed by atoms with Gasteiger partial charge in [-0.2, -0.15) is 0 Å². The Balaban J connectivity index is 2.14. The standard InChI is InChI=1S/C10H17NO2/c1-4-10(6-13-8(12)11-10)7-5-9(7,2)3/h7H,4-6H2,1-3H3,(H,11,12). The smallest absolute Gasteiger partial charge is 0.407 e. The van der Waals surface area contributed by atoms with Crippen molar-refractivity contribution in [3.05, 3.63) is 0 Å². The molecule has 0 aromatic carbocycles. The molecule has 1 N–H and O–H groups in total. The fourth-order valence-electron chi connectivity index (χ4n) is 2.50. The molecule has 0 spiro atoms. The summed E-state index contributed by atoms with van der Waals surface area (Å²) in [6.45, 7) is 7.17. The number of hydrogen-bond acceptors (Lipinski definition) is 2. The Morgan fingerprint density at radius 2 is 2.23 bits per heavy atom. The second kappa shape index (κ2) is 2.40. The third-order valence-corrected chi connectivity index (χ3v) is 3.62. The molecule has 0 aromatic heterocycles. The van der Waals surface area contributed by atoms with Gasteiger partial charge in [0.2, 0.25) is 0 Å². The van der Waals surface area contributed by atoms with Gasteiger partial charge in [-0.3, -0.25) is 0 Å². The summed E-state index contributed by atoms with van der Waals surface area (Å²) >= 11 is 0. The van der Waals surface area contributed by atoms with Crippen LogP contribution in [0, 0.1) is 11.3 Å². The van der Waals surface area contributed by atoms with Gasteiger partial charge in [0.15, 0.2) is 0 Å². The molecule has 13 heavy (non-hydrogen) atoms. The monoisotopic (exact) mass is 183 g/mol. The van der Waals surface area contributed by atoms with Crippen LogP contribution in [0.5, 0.6) is 0 Å². The molecule has 1 aliphatic heterocycles. The van der Waals surface area contributed by atoms with E-state index in [0.717, 1.165) is 6.42 Å². The van der Waals surface area contributed by atoms with Gasteiger partial charge >= 0.3 is 6.09 Å². The van der Waals surface area contributed by atoms with Gasteiger partial charge in [0.1, 0.15) is 6.61 Å². The van der Waals surface area contributed by atoms with Crippen LogP contribution in [0.1, 0.15) is 33.6 Å². The molecule has 1 heterocycles. The van der Waals surface area contributed by atoms with Crippen molar-refractivity contribution >= 4 is 6.09 Å². The van der Waals surface area contributed by atoms with Crippen molar-refractivity contribution in [1.29, 1.82) is 0 Å². The normalized spacial score (nSPS) is 41.2. The minimum atomic E-state index is -0.246. The number of ether oxygens (including phenoxy) is 1. The Hall–Kier alpha value is -0.730. The molecule has 74 valence electrons. The number of carbonyl (C=O) groups excluding carboxylic acids is 1. The van der Waals surface area contributed by atoms with Crippen LogP contribution in [0.25, 0.3) is 0 Å². The second-order valence-corrected chi connectivity index (χ2v) is 4.96. The summed E-state index contributed by atoms with van der Waals surface area (Å²) < 4.78 is 5.00. The summed E-state index contributed by atoms with van der Waals surface area (Å²) in [5, 5.41) is 2.97.